The average molecular weight is 347 g/mol. The number of nitrogens with zero attached hydrogens (tertiary/aromatic N) is 1. The van der Waals surface area contributed by atoms with Crippen molar-refractivity contribution in [1.29, 1.82) is 0 Å². The molecule has 0 radical (unpaired) electrons. The predicted molar refractivity (Wildman–Crippen MR) is 77.1 cm³/mol. The minimum atomic E-state index is -3.91. The maximum absolute atomic E-state index is 13.4. The van der Waals surface area contributed by atoms with Gasteiger partial charge in [0.1, 0.15) is 22.5 Å². The molecule has 1 aromatic carbocycles. The van der Waals surface area contributed by atoms with Crippen LogP contribution in [0.15, 0.2) is 31.0 Å². The number of carbonyl (C=O) groups is 1. The first-order valence-electron chi connectivity index (χ1n) is 6.50. The van der Waals surface area contributed by atoms with Crippen molar-refractivity contribution in [3.05, 3.63) is 48.2 Å². The highest BCUT2D eigenvalue weighted by molar-refractivity contribution is 7.91. The van der Waals surface area contributed by atoms with Crippen molar-refractivity contribution in [3.63, 3.8) is 0 Å². The highest BCUT2D eigenvalue weighted by Crippen LogP contribution is 2.40. The highest BCUT2D eigenvalue weighted by atomic mass is 32.2. The molecule has 1 aromatic rings. The second kappa shape index (κ2) is 5.89. The summed E-state index contributed by atoms with van der Waals surface area (Å²) in [5.74, 6) is -1.92. The molecule has 1 aliphatic heterocycles. The largest absolute Gasteiger partial charge is 0.419 e. The summed E-state index contributed by atoms with van der Waals surface area (Å²) in [7, 11) is -3.91. The van der Waals surface area contributed by atoms with Crippen LogP contribution in [0, 0.1) is 11.6 Å². The zero-order valence-electron chi connectivity index (χ0n) is 12.2. The number of hydrogen-bond donors (Lipinski definition) is 1. The number of ether oxygens (including phenoxy) is 1. The van der Waals surface area contributed by atoms with Crippen molar-refractivity contribution in [2.45, 2.75) is 10.9 Å². The molecule has 1 amide bonds. The Morgan fingerprint density at radius 2 is 1.91 bits per heavy atom. The zero-order chi connectivity index (χ0) is 17.4. The van der Waals surface area contributed by atoms with E-state index in [1.807, 2.05) is 0 Å². The van der Waals surface area contributed by atoms with Gasteiger partial charge in [-0.1, -0.05) is 6.58 Å². The molecule has 0 saturated carbocycles. The molecule has 1 atom stereocenters. The van der Waals surface area contributed by atoms with Crippen LogP contribution in [0.5, 0.6) is 0 Å². The minimum absolute atomic E-state index is 0.218. The van der Waals surface area contributed by atoms with Crippen LogP contribution < -0.4 is 0 Å². The number of hydrogen-bond acceptors (Lipinski definition) is 5. The monoisotopic (exact) mass is 347 g/mol. The van der Waals surface area contributed by atoms with E-state index >= 15 is 0 Å². The summed E-state index contributed by atoms with van der Waals surface area (Å²) in [5, 5.41) is 8.95. The molecule has 0 aliphatic carbocycles. The number of amides is 1. The van der Waals surface area contributed by atoms with Gasteiger partial charge in [-0.3, -0.25) is 0 Å². The van der Waals surface area contributed by atoms with Crippen LogP contribution in [0.4, 0.5) is 13.6 Å². The third kappa shape index (κ3) is 3.50. The first-order chi connectivity index (χ1) is 10.6. The number of benzene rings is 1. The smallest absolute Gasteiger partial charge is 0.414 e. The van der Waals surface area contributed by atoms with Crippen LogP contribution in [-0.2, 0) is 14.6 Å². The molecule has 0 aromatic heterocycles. The van der Waals surface area contributed by atoms with Crippen LogP contribution in [0.3, 0.4) is 0 Å². The summed E-state index contributed by atoms with van der Waals surface area (Å²) < 4.78 is 55.4. The standard InChI is InChI=1S/C14H15F2NO5S/c1-3-22-13(18)17-7-14(19,8-17)12(23(2,20)21)9-4-10(15)6-11(16)5-9/h3-6,12,19H,1,7-8H2,2H3. The summed E-state index contributed by atoms with van der Waals surface area (Å²) in [6, 6.07) is 2.29. The SMILES string of the molecule is C=COC(=O)N1CC(O)(C(c2cc(F)cc(F)c2)S(C)(=O)=O)C1. The molecular weight excluding hydrogens is 332 g/mol. The van der Waals surface area contributed by atoms with Crippen molar-refractivity contribution < 1.29 is 31.8 Å². The summed E-state index contributed by atoms with van der Waals surface area (Å²) in [5.41, 5.74) is -2.09. The Labute approximate surface area is 131 Å². The number of likely N-dealkylation sites (tertiary alicyclic amines) is 1. The minimum Gasteiger partial charge on any atom is -0.419 e. The number of rotatable bonds is 4. The average Bonchev–Trinajstić information content (AvgIpc) is 2.33. The molecule has 1 saturated heterocycles. The van der Waals surface area contributed by atoms with E-state index in [0.717, 1.165) is 29.6 Å². The predicted octanol–water partition coefficient (Wildman–Crippen LogP) is 1.38. The van der Waals surface area contributed by atoms with Crippen molar-refractivity contribution >= 4 is 15.9 Å². The molecule has 2 rings (SSSR count). The quantitative estimate of drug-likeness (QED) is 0.832. The lowest BCUT2D eigenvalue weighted by Crippen LogP contribution is -2.67. The molecule has 1 unspecified atom stereocenters. The fraction of sp³-hybridized carbons (Fsp3) is 0.357. The first-order valence-corrected chi connectivity index (χ1v) is 8.46. The van der Waals surface area contributed by atoms with Gasteiger partial charge in [-0.25, -0.2) is 22.0 Å². The molecule has 6 nitrogen and oxygen atoms in total. The van der Waals surface area contributed by atoms with Gasteiger partial charge < -0.3 is 14.7 Å². The van der Waals surface area contributed by atoms with Crippen LogP contribution in [0.1, 0.15) is 10.8 Å². The van der Waals surface area contributed by atoms with Gasteiger partial charge in [-0.15, -0.1) is 0 Å². The molecule has 1 fully saturated rings. The van der Waals surface area contributed by atoms with Gasteiger partial charge in [0.15, 0.2) is 9.84 Å². The molecular formula is C14H15F2NO5S. The van der Waals surface area contributed by atoms with Crippen molar-refractivity contribution in [1.82, 2.24) is 4.90 Å². The number of carbonyl (C=O) groups excluding carboxylic acids is 1. The Balaban J connectivity index is 2.35. The van der Waals surface area contributed by atoms with Crippen LogP contribution in [0.2, 0.25) is 0 Å². The summed E-state index contributed by atoms with van der Waals surface area (Å²) in [6.45, 7) is 2.50. The Hall–Kier alpha value is -2.00. The normalized spacial score (nSPS) is 18.0. The van der Waals surface area contributed by atoms with E-state index in [0.29, 0.717) is 6.07 Å². The Morgan fingerprint density at radius 1 is 1.39 bits per heavy atom. The third-order valence-electron chi connectivity index (χ3n) is 3.48. The third-order valence-corrected chi connectivity index (χ3v) is 5.04. The first kappa shape index (κ1) is 17.4. The van der Waals surface area contributed by atoms with Gasteiger partial charge in [-0.05, 0) is 17.7 Å². The molecule has 0 spiro atoms. The van der Waals surface area contributed by atoms with Gasteiger partial charge in [0.2, 0.25) is 0 Å². The zero-order valence-corrected chi connectivity index (χ0v) is 13.0. The fourth-order valence-electron chi connectivity index (χ4n) is 2.74. The van der Waals surface area contributed by atoms with E-state index in [9.17, 15) is 27.1 Å². The van der Waals surface area contributed by atoms with Gasteiger partial charge in [-0.2, -0.15) is 0 Å². The maximum Gasteiger partial charge on any atom is 0.414 e. The van der Waals surface area contributed by atoms with Gasteiger partial charge in [0.25, 0.3) is 0 Å². The molecule has 126 valence electrons. The van der Waals surface area contributed by atoms with E-state index in [1.54, 1.807) is 0 Å². The topological polar surface area (TPSA) is 83.9 Å². The van der Waals surface area contributed by atoms with E-state index < -0.39 is 38.4 Å². The summed E-state index contributed by atoms with van der Waals surface area (Å²) in [6.07, 6.45) is 0.945. The molecule has 1 aliphatic rings. The maximum atomic E-state index is 13.4. The number of β-amino-alcohol motifs (C(OH)–C–C–N with tert-alkyl or cyclic N) is 1. The highest BCUT2D eigenvalue weighted by Gasteiger charge is 2.54. The molecule has 23 heavy (non-hydrogen) atoms. The lowest BCUT2D eigenvalue weighted by Gasteiger charge is -2.48. The van der Waals surface area contributed by atoms with Gasteiger partial charge >= 0.3 is 6.09 Å². The van der Waals surface area contributed by atoms with Crippen LogP contribution in [-0.4, -0.2) is 49.5 Å². The van der Waals surface area contributed by atoms with Crippen molar-refractivity contribution in [2.24, 2.45) is 0 Å². The number of aliphatic hydroxyl groups is 1. The van der Waals surface area contributed by atoms with Crippen LogP contribution in [0.25, 0.3) is 0 Å². The van der Waals surface area contributed by atoms with Gasteiger partial charge in [0.05, 0.1) is 19.4 Å². The van der Waals surface area contributed by atoms with Gasteiger partial charge in [0, 0.05) is 12.3 Å². The van der Waals surface area contributed by atoms with E-state index in [2.05, 4.69) is 11.3 Å². The van der Waals surface area contributed by atoms with Crippen LogP contribution >= 0.6 is 0 Å². The number of halogens is 2. The molecule has 1 heterocycles. The van der Waals surface area contributed by atoms with E-state index in [1.165, 1.54) is 0 Å². The Bertz CT molecular complexity index is 723. The lowest BCUT2D eigenvalue weighted by atomic mass is 9.86. The Morgan fingerprint density at radius 3 is 2.35 bits per heavy atom. The molecule has 1 N–H and O–H groups in total. The molecule has 0 bridgehead atoms. The van der Waals surface area contributed by atoms with E-state index in [4.69, 9.17) is 0 Å². The van der Waals surface area contributed by atoms with E-state index in [-0.39, 0.29) is 18.7 Å². The van der Waals surface area contributed by atoms with Crippen molar-refractivity contribution in [2.75, 3.05) is 19.3 Å². The lowest BCUT2D eigenvalue weighted by molar-refractivity contribution is -0.0873. The van der Waals surface area contributed by atoms with Crippen molar-refractivity contribution in [3.8, 4) is 0 Å². The number of sulfone groups is 1. The fourth-order valence-corrected chi connectivity index (χ4v) is 4.31. The Kier molecular flexibility index (Phi) is 4.45. The second-order valence-electron chi connectivity index (χ2n) is 5.42. The molecule has 9 heteroatoms. The summed E-state index contributed by atoms with van der Waals surface area (Å²) >= 11 is 0. The second-order valence-corrected chi connectivity index (χ2v) is 7.55. The summed E-state index contributed by atoms with van der Waals surface area (Å²) in [4.78, 5) is 12.5.